The molecule has 6 nitrogen and oxygen atoms in total. The van der Waals surface area contributed by atoms with Crippen molar-refractivity contribution in [2.75, 3.05) is 18.5 Å². The Balaban J connectivity index is 1.44. The number of anilines is 1. The van der Waals surface area contributed by atoms with E-state index in [-0.39, 0.29) is 17.9 Å². The Morgan fingerprint density at radius 2 is 1.86 bits per heavy atom. The number of carbonyl (C=O) groups is 2. The topological polar surface area (TPSA) is 80.3 Å². The summed E-state index contributed by atoms with van der Waals surface area (Å²) in [6.07, 6.45) is 2.03. The number of nitrogens with zero attached hydrogens (tertiary/aromatic N) is 1. The number of ether oxygens (including phenoxy) is 1. The number of rotatable bonds is 6. The van der Waals surface area contributed by atoms with E-state index in [1.807, 2.05) is 30.3 Å². The molecule has 0 spiro atoms. The van der Waals surface area contributed by atoms with E-state index >= 15 is 0 Å². The number of thiazole rings is 1. The van der Waals surface area contributed by atoms with Crippen LogP contribution in [0.4, 0.5) is 5.69 Å². The maximum absolute atomic E-state index is 12.7. The quantitative estimate of drug-likeness (QED) is 0.648. The summed E-state index contributed by atoms with van der Waals surface area (Å²) in [5, 5.41) is 8.20. The summed E-state index contributed by atoms with van der Waals surface area (Å²) in [5.41, 5.74) is 2.16. The minimum Gasteiger partial charge on any atom is -0.376 e. The van der Waals surface area contributed by atoms with Crippen molar-refractivity contribution >= 4 is 28.8 Å². The molecule has 1 aliphatic heterocycles. The third-order valence-electron chi connectivity index (χ3n) is 4.69. The number of nitrogens with one attached hydrogen (secondary N) is 2. The van der Waals surface area contributed by atoms with Gasteiger partial charge in [0, 0.05) is 24.1 Å². The van der Waals surface area contributed by atoms with Crippen LogP contribution in [0, 0.1) is 0 Å². The zero-order valence-electron chi connectivity index (χ0n) is 15.8. The van der Waals surface area contributed by atoms with Gasteiger partial charge >= 0.3 is 0 Å². The van der Waals surface area contributed by atoms with Crippen molar-refractivity contribution < 1.29 is 14.3 Å². The lowest BCUT2D eigenvalue weighted by molar-refractivity contribution is 0.0858. The Bertz CT molecular complexity index is 997. The van der Waals surface area contributed by atoms with Gasteiger partial charge in [-0.1, -0.05) is 42.5 Å². The second-order valence-corrected chi connectivity index (χ2v) is 7.61. The van der Waals surface area contributed by atoms with Crippen LogP contribution in [-0.2, 0) is 4.74 Å². The lowest BCUT2D eigenvalue weighted by atomic mass is 10.1. The highest BCUT2D eigenvalue weighted by atomic mass is 32.1. The van der Waals surface area contributed by atoms with Crippen LogP contribution in [0.3, 0.4) is 0 Å². The van der Waals surface area contributed by atoms with Crippen LogP contribution < -0.4 is 10.6 Å². The standard InChI is InChI=1S/C22H21N3O3S/c26-20(23-13-16-9-6-12-28-16)17-10-4-5-11-18(17)24-21(27)19-14-29-22(25-19)15-7-2-1-3-8-15/h1-5,7-8,10-11,14,16H,6,9,12-13H2,(H,23,26)(H,24,27). The first-order chi connectivity index (χ1) is 14.2. The molecule has 1 unspecified atom stereocenters. The summed E-state index contributed by atoms with van der Waals surface area (Å²) in [4.78, 5) is 29.7. The summed E-state index contributed by atoms with van der Waals surface area (Å²) >= 11 is 1.41. The number of hydrogen-bond donors (Lipinski definition) is 2. The molecule has 3 aromatic rings. The Labute approximate surface area is 172 Å². The molecule has 1 aliphatic rings. The molecule has 2 amide bonds. The summed E-state index contributed by atoms with van der Waals surface area (Å²) in [5.74, 6) is -0.581. The maximum Gasteiger partial charge on any atom is 0.275 e. The lowest BCUT2D eigenvalue weighted by Crippen LogP contribution is -2.32. The van der Waals surface area contributed by atoms with Gasteiger partial charge in [-0.25, -0.2) is 4.98 Å². The van der Waals surface area contributed by atoms with Crippen molar-refractivity contribution in [1.29, 1.82) is 0 Å². The molecule has 1 fully saturated rings. The fourth-order valence-electron chi connectivity index (χ4n) is 3.17. The molecule has 2 aromatic carbocycles. The summed E-state index contributed by atoms with van der Waals surface area (Å²) < 4.78 is 5.54. The van der Waals surface area contributed by atoms with E-state index in [0.29, 0.717) is 23.5 Å². The van der Waals surface area contributed by atoms with E-state index in [9.17, 15) is 9.59 Å². The Morgan fingerprint density at radius 1 is 1.07 bits per heavy atom. The number of aromatic nitrogens is 1. The van der Waals surface area contributed by atoms with Crippen molar-refractivity contribution in [3.63, 3.8) is 0 Å². The predicted octanol–water partition coefficient (Wildman–Crippen LogP) is 3.97. The number of para-hydroxylation sites is 1. The fraction of sp³-hybridized carbons (Fsp3) is 0.227. The van der Waals surface area contributed by atoms with Gasteiger partial charge in [-0.15, -0.1) is 11.3 Å². The van der Waals surface area contributed by atoms with E-state index in [2.05, 4.69) is 15.6 Å². The molecule has 4 rings (SSSR count). The van der Waals surface area contributed by atoms with Gasteiger partial charge in [0.05, 0.1) is 17.4 Å². The first kappa shape index (κ1) is 19.3. The minimum absolute atomic E-state index is 0.0621. The first-order valence-corrected chi connectivity index (χ1v) is 10.4. The molecular weight excluding hydrogens is 386 g/mol. The van der Waals surface area contributed by atoms with Crippen LogP contribution in [0.1, 0.15) is 33.7 Å². The number of benzene rings is 2. The molecule has 7 heteroatoms. The molecule has 0 bridgehead atoms. The van der Waals surface area contributed by atoms with Crippen molar-refractivity contribution in [3.05, 3.63) is 71.2 Å². The zero-order chi connectivity index (χ0) is 20.1. The molecule has 2 N–H and O–H groups in total. The van der Waals surface area contributed by atoms with E-state index in [1.54, 1.807) is 29.6 Å². The smallest absolute Gasteiger partial charge is 0.275 e. The third kappa shape index (κ3) is 4.70. The largest absolute Gasteiger partial charge is 0.376 e. The monoisotopic (exact) mass is 407 g/mol. The molecule has 29 heavy (non-hydrogen) atoms. The number of hydrogen-bond acceptors (Lipinski definition) is 5. The summed E-state index contributed by atoms with van der Waals surface area (Å²) in [7, 11) is 0. The van der Waals surface area contributed by atoms with Crippen LogP contribution in [0.5, 0.6) is 0 Å². The van der Waals surface area contributed by atoms with Gasteiger partial charge in [-0.2, -0.15) is 0 Å². The molecule has 0 saturated carbocycles. The van der Waals surface area contributed by atoms with Crippen LogP contribution in [0.2, 0.25) is 0 Å². The van der Waals surface area contributed by atoms with Crippen molar-refractivity contribution in [3.8, 4) is 10.6 Å². The van der Waals surface area contributed by atoms with Crippen LogP contribution >= 0.6 is 11.3 Å². The number of amides is 2. The molecule has 2 heterocycles. The highest BCUT2D eigenvalue weighted by molar-refractivity contribution is 7.13. The highest BCUT2D eigenvalue weighted by Crippen LogP contribution is 2.24. The summed E-state index contributed by atoms with van der Waals surface area (Å²) in [6.45, 7) is 1.21. The Hall–Kier alpha value is -3.03. The van der Waals surface area contributed by atoms with Crippen LogP contribution in [0.15, 0.2) is 60.0 Å². The predicted molar refractivity (Wildman–Crippen MR) is 113 cm³/mol. The second-order valence-electron chi connectivity index (χ2n) is 6.75. The average molecular weight is 407 g/mol. The lowest BCUT2D eigenvalue weighted by Gasteiger charge is -2.13. The molecule has 1 atom stereocenters. The van der Waals surface area contributed by atoms with E-state index in [0.717, 1.165) is 30.0 Å². The van der Waals surface area contributed by atoms with Gasteiger partial charge in [-0.3, -0.25) is 9.59 Å². The van der Waals surface area contributed by atoms with E-state index in [1.165, 1.54) is 11.3 Å². The molecule has 148 valence electrons. The van der Waals surface area contributed by atoms with Crippen molar-refractivity contribution in [1.82, 2.24) is 10.3 Å². The van der Waals surface area contributed by atoms with Gasteiger partial charge in [-0.05, 0) is 25.0 Å². The molecule has 0 aliphatic carbocycles. The molecular formula is C22H21N3O3S. The van der Waals surface area contributed by atoms with Gasteiger partial charge in [0.2, 0.25) is 0 Å². The van der Waals surface area contributed by atoms with Gasteiger partial charge in [0.15, 0.2) is 0 Å². The van der Waals surface area contributed by atoms with E-state index < -0.39 is 0 Å². The third-order valence-corrected chi connectivity index (χ3v) is 5.58. The molecule has 0 radical (unpaired) electrons. The fourth-order valence-corrected chi connectivity index (χ4v) is 3.98. The SMILES string of the molecule is O=C(Nc1ccccc1C(=O)NCC1CCCO1)c1csc(-c2ccccc2)n1. The first-order valence-electron chi connectivity index (χ1n) is 9.52. The zero-order valence-corrected chi connectivity index (χ0v) is 16.6. The maximum atomic E-state index is 12.7. The van der Waals surface area contributed by atoms with E-state index in [4.69, 9.17) is 4.74 Å². The average Bonchev–Trinajstić information content (AvgIpc) is 3.45. The normalized spacial score (nSPS) is 15.8. The second kappa shape index (κ2) is 8.98. The number of carbonyl (C=O) groups excluding carboxylic acids is 2. The highest BCUT2D eigenvalue weighted by Gasteiger charge is 2.19. The van der Waals surface area contributed by atoms with Crippen molar-refractivity contribution in [2.45, 2.75) is 18.9 Å². The van der Waals surface area contributed by atoms with Crippen LogP contribution in [0.25, 0.3) is 10.6 Å². The molecule has 1 saturated heterocycles. The van der Waals surface area contributed by atoms with Gasteiger partial charge < -0.3 is 15.4 Å². The van der Waals surface area contributed by atoms with Crippen molar-refractivity contribution in [2.24, 2.45) is 0 Å². The summed E-state index contributed by atoms with van der Waals surface area (Å²) in [6, 6.07) is 16.7. The van der Waals surface area contributed by atoms with Gasteiger partial charge in [0.1, 0.15) is 10.7 Å². The Morgan fingerprint density at radius 3 is 2.66 bits per heavy atom. The Kier molecular flexibility index (Phi) is 5.97. The minimum atomic E-state index is -0.345. The van der Waals surface area contributed by atoms with Crippen LogP contribution in [-0.4, -0.2) is 36.1 Å². The molecule has 1 aromatic heterocycles. The van der Waals surface area contributed by atoms with Gasteiger partial charge in [0.25, 0.3) is 11.8 Å².